The second-order valence-electron chi connectivity index (χ2n) is 5.33. The standard InChI is InChI=1S/C17H19NO3/c1-11-7-15-16(5-4-6-17(15)19)18(11)12-8-13(20-2)10-14(9-12)21-3/h7-10H,4-6H2,1-3H3. The molecule has 0 amide bonds. The maximum absolute atomic E-state index is 12.1. The Hall–Kier alpha value is -2.23. The van der Waals surface area contributed by atoms with E-state index in [-0.39, 0.29) is 5.78 Å². The van der Waals surface area contributed by atoms with Gasteiger partial charge in [-0.1, -0.05) is 0 Å². The van der Waals surface area contributed by atoms with Crippen molar-refractivity contribution in [3.05, 3.63) is 41.2 Å². The van der Waals surface area contributed by atoms with Crippen LogP contribution in [0.4, 0.5) is 0 Å². The summed E-state index contributed by atoms with van der Waals surface area (Å²) in [6, 6.07) is 7.77. The van der Waals surface area contributed by atoms with Crippen LogP contribution in [0.1, 0.15) is 34.6 Å². The van der Waals surface area contributed by atoms with Gasteiger partial charge in [0.2, 0.25) is 0 Å². The molecule has 1 aromatic heterocycles. The third kappa shape index (κ3) is 2.31. The van der Waals surface area contributed by atoms with E-state index >= 15 is 0 Å². The van der Waals surface area contributed by atoms with Gasteiger partial charge in [0.05, 0.1) is 19.9 Å². The van der Waals surface area contributed by atoms with Crippen LogP contribution in [0.3, 0.4) is 0 Å². The largest absolute Gasteiger partial charge is 0.497 e. The SMILES string of the molecule is COc1cc(OC)cc(-n2c(C)cc3c2CCCC3=O)c1. The normalized spacial score (nSPS) is 14.0. The molecule has 3 rings (SSSR count). The van der Waals surface area contributed by atoms with E-state index in [0.29, 0.717) is 6.42 Å². The predicted molar refractivity (Wildman–Crippen MR) is 80.9 cm³/mol. The number of carbonyl (C=O) groups excluding carboxylic acids is 1. The average molecular weight is 285 g/mol. The van der Waals surface area contributed by atoms with E-state index < -0.39 is 0 Å². The third-order valence-corrected chi connectivity index (χ3v) is 4.00. The van der Waals surface area contributed by atoms with Gasteiger partial charge in [0.25, 0.3) is 0 Å². The summed E-state index contributed by atoms with van der Waals surface area (Å²) in [6.45, 7) is 2.03. The summed E-state index contributed by atoms with van der Waals surface area (Å²) in [7, 11) is 3.28. The van der Waals surface area contributed by atoms with Crippen LogP contribution in [0, 0.1) is 6.92 Å². The Morgan fingerprint density at radius 1 is 1.00 bits per heavy atom. The van der Waals surface area contributed by atoms with Crippen LogP contribution in [-0.4, -0.2) is 24.6 Å². The molecule has 0 atom stereocenters. The first kappa shape index (κ1) is 13.7. The molecule has 1 aliphatic rings. The van der Waals surface area contributed by atoms with Crippen molar-refractivity contribution in [3.8, 4) is 17.2 Å². The minimum Gasteiger partial charge on any atom is -0.497 e. The Morgan fingerprint density at radius 2 is 1.67 bits per heavy atom. The lowest BCUT2D eigenvalue weighted by Gasteiger charge is -2.17. The lowest BCUT2D eigenvalue weighted by molar-refractivity contribution is 0.0972. The van der Waals surface area contributed by atoms with Crippen molar-refractivity contribution < 1.29 is 14.3 Å². The van der Waals surface area contributed by atoms with Gasteiger partial charge in [-0.2, -0.15) is 0 Å². The molecule has 1 heterocycles. The van der Waals surface area contributed by atoms with Crippen LogP contribution in [-0.2, 0) is 6.42 Å². The highest BCUT2D eigenvalue weighted by Gasteiger charge is 2.23. The molecule has 1 aliphatic carbocycles. The first-order chi connectivity index (χ1) is 10.1. The van der Waals surface area contributed by atoms with Gasteiger partial charge in [0.1, 0.15) is 11.5 Å². The quantitative estimate of drug-likeness (QED) is 0.868. The molecule has 0 spiro atoms. The number of ether oxygens (including phenoxy) is 2. The van der Waals surface area contributed by atoms with E-state index in [1.807, 2.05) is 31.2 Å². The highest BCUT2D eigenvalue weighted by atomic mass is 16.5. The monoisotopic (exact) mass is 285 g/mol. The summed E-state index contributed by atoms with van der Waals surface area (Å²) in [4.78, 5) is 12.1. The molecule has 2 aromatic rings. The number of nitrogens with zero attached hydrogens (tertiary/aromatic N) is 1. The molecular formula is C17H19NO3. The smallest absolute Gasteiger partial charge is 0.164 e. The minimum absolute atomic E-state index is 0.243. The molecule has 21 heavy (non-hydrogen) atoms. The molecule has 4 heteroatoms. The van der Waals surface area contributed by atoms with Crippen molar-refractivity contribution in [2.24, 2.45) is 0 Å². The molecule has 0 bridgehead atoms. The van der Waals surface area contributed by atoms with Crippen LogP contribution < -0.4 is 9.47 Å². The Labute approximate surface area is 124 Å². The Bertz CT molecular complexity index is 678. The van der Waals surface area contributed by atoms with Gasteiger partial charge in [-0.05, 0) is 25.8 Å². The van der Waals surface area contributed by atoms with Crippen LogP contribution in [0.2, 0.25) is 0 Å². The second kappa shape index (κ2) is 5.28. The van der Waals surface area contributed by atoms with Crippen molar-refractivity contribution in [2.75, 3.05) is 14.2 Å². The summed E-state index contributed by atoms with van der Waals surface area (Å²) in [6.07, 6.45) is 2.49. The zero-order valence-corrected chi connectivity index (χ0v) is 12.6. The maximum atomic E-state index is 12.1. The number of rotatable bonds is 3. The fraction of sp³-hybridized carbons (Fsp3) is 0.353. The lowest BCUT2D eigenvalue weighted by Crippen LogP contribution is -2.12. The zero-order valence-electron chi connectivity index (χ0n) is 12.6. The summed E-state index contributed by atoms with van der Waals surface area (Å²) in [5, 5.41) is 0. The number of hydrogen-bond donors (Lipinski definition) is 0. The Balaban J connectivity index is 2.19. The predicted octanol–water partition coefficient (Wildman–Crippen LogP) is 3.32. The van der Waals surface area contributed by atoms with Gasteiger partial charge in [0.15, 0.2) is 5.78 Å². The molecule has 0 saturated carbocycles. The van der Waals surface area contributed by atoms with Crippen LogP contribution in [0.25, 0.3) is 5.69 Å². The van der Waals surface area contributed by atoms with Gasteiger partial charge in [-0.25, -0.2) is 0 Å². The van der Waals surface area contributed by atoms with E-state index in [0.717, 1.165) is 47.0 Å². The Morgan fingerprint density at radius 3 is 2.29 bits per heavy atom. The van der Waals surface area contributed by atoms with E-state index in [2.05, 4.69) is 4.57 Å². The van der Waals surface area contributed by atoms with Gasteiger partial charge >= 0.3 is 0 Å². The first-order valence-electron chi connectivity index (χ1n) is 7.12. The van der Waals surface area contributed by atoms with Gasteiger partial charge in [-0.3, -0.25) is 4.79 Å². The highest BCUT2D eigenvalue weighted by Crippen LogP contribution is 2.31. The highest BCUT2D eigenvalue weighted by molar-refractivity contribution is 5.98. The molecule has 0 saturated heterocycles. The number of carbonyl (C=O) groups is 1. The van der Waals surface area contributed by atoms with Crippen LogP contribution in [0.15, 0.2) is 24.3 Å². The molecule has 0 unspecified atom stereocenters. The number of methoxy groups -OCH3 is 2. The summed E-state index contributed by atoms with van der Waals surface area (Å²) < 4.78 is 12.8. The van der Waals surface area contributed by atoms with Crippen molar-refractivity contribution in [3.63, 3.8) is 0 Å². The molecule has 0 aliphatic heterocycles. The average Bonchev–Trinajstić information content (AvgIpc) is 2.84. The number of aromatic nitrogens is 1. The van der Waals surface area contributed by atoms with Gasteiger partial charge < -0.3 is 14.0 Å². The molecule has 1 aromatic carbocycles. The zero-order chi connectivity index (χ0) is 15.0. The third-order valence-electron chi connectivity index (χ3n) is 4.00. The Kier molecular flexibility index (Phi) is 3.45. The molecule has 0 radical (unpaired) electrons. The number of ketones is 1. The second-order valence-corrected chi connectivity index (χ2v) is 5.33. The fourth-order valence-corrected chi connectivity index (χ4v) is 3.01. The molecule has 0 N–H and O–H groups in total. The van der Waals surface area contributed by atoms with Crippen molar-refractivity contribution in [1.29, 1.82) is 0 Å². The molecule has 110 valence electrons. The maximum Gasteiger partial charge on any atom is 0.164 e. The van der Waals surface area contributed by atoms with E-state index in [4.69, 9.17) is 9.47 Å². The number of fused-ring (bicyclic) bond motifs is 1. The van der Waals surface area contributed by atoms with Crippen LogP contribution in [0.5, 0.6) is 11.5 Å². The van der Waals surface area contributed by atoms with Crippen molar-refractivity contribution in [2.45, 2.75) is 26.2 Å². The van der Waals surface area contributed by atoms with E-state index in [1.54, 1.807) is 14.2 Å². The first-order valence-corrected chi connectivity index (χ1v) is 7.12. The lowest BCUT2D eigenvalue weighted by atomic mass is 9.96. The van der Waals surface area contributed by atoms with Crippen molar-refractivity contribution in [1.82, 2.24) is 4.57 Å². The molecule has 4 nitrogen and oxygen atoms in total. The summed E-state index contributed by atoms with van der Waals surface area (Å²) in [5.74, 6) is 1.73. The van der Waals surface area contributed by atoms with E-state index in [9.17, 15) is 4.79 Å². The number of aryl methyl sites for hydroxylation is 1. The number of benzene rings is 1. The number of Topliss-reactive ketones (excluding diaryl/α,β-unsaturated/α-hetero) is 1. The minimum atomic E-state index is 0.243. The van der Waals surface area contributed by atoms with Gasteiger partial charge in [0, 0.05) is 41.6 Å². The number of hydrogen-bond acceptors (Lipinski definition) is 3. The molecular weight excluding hydrogens is 266 g/mol. The van der Waals surface area contributed by atoms with Crippen molar-refractivity contribution >= 4 is 5.78 Å². The fourth-order valence-electron chi connectivity index (χ4n) is 3.01. The van der Waals surface area contributed by atoms with Crippen LogP contribution >= 0.6 is 0 Å². The summed E-state index contributed by atoms with van der Waals surface area (Å²) in [5.41, 5.74) is 3.99. The van der Waals surface area contributed by atoms with E-state index in [1.165, 1.54) is 0 Å². The molecule has 0 fully saturated rings. The summed E-state index contributed by atoms with van der Waals surface area (Å²) >= 11 is 0. The van der Waals surface area contributed by atoms with Gasteiger partial charge in [-0.15, -0.1) is 0 Å². The topological polar surface area (TPSA) is 40.5 Å².